The lowest BCUT2D eigenvalue weighted by Gasteiger charge is -2.15. The van der Waals surface area contributed by atoms with E-state index in [1.807, 2.05) is 0 Å². The van der Waals surface area contributed by atoms with Crippen LogP contribution in [0.2, 0.25) is 0 Å². The van der Waals surface area contributed by atoms with E-state index in [4.69, 9.17) is 9.68 Å². The van der Waals surface area contributed by atoms with Gasteiger partial charge in [0.25, 0.3) is 0 Å². The van der Waals surface area contributed by atoms with Crippen LogP contribution in [0.1, 0.15) is 0 Å². The molecule has 0 heterocycles. The van der Waals surface area contributed by atoms with Crippen LogP contribution in [-0.4, -0.2) is 25.2 Å². The third-order valence-electron chi connectivity index (χ3n) is 0.895. The molecule has 0 aromatic carbocycles. The summed E-state index contributed by atoms with van der Waals surface area (Å²) < 4.78 is 0. The normalized spacial score (nSPS) is 10.1. The summed E-state index contributed by atoms with van der Waals surface area (Å²) in [6.07, 6.45) is 4.61. The van der Waals surface area contributed by atoms with Gasteiger partial charge < -0.3 is 0 Å². The quantitative estimate of drug-likeness (QED) is 0.232. The van der Waals surface area contributed by atoms with E-state index in [0.717, 1.165) is 5.39 Å². The Kier molecular flexibility index (Phi) is 9.40. The van der Waals surface area contributed by atoms with Gasteiger partial charge in [0.1, 0.15) is 12.0 Å². The average molecular weight is 201 g/mol. The highest BCUT2D eigenvalue weighted by Gasteiger charge is 2.05. The van der Waals surface area contributed by atoms with Crippen molar-refractivity contribution in [2.75, 3.05) is 19.8 Å². The van der Waals surface area contributed by atoms with Crippen LogP contribution >= 0.6 is 0 Å². The van der Waals surface area contributed by atoms with Crippen LogP contribution in [-0.2, 0) is 19.6 Å². The average Bonchev–Trinajstić information content (AvgIpc) is 2.21. The zero-order valence-electron chi connectivity index (χ0n) is 8.05. The lowest BCUT2D eigenvalue weighted by Crippen LogP contribution is -2.25. The van der Waals surface area contributed by atoms with Crippen molar-refractivity contribution in [3.05, 3.63) is 38.0 Å². The Bertz CT molecular complexity index is 160. The van der Waals surface area contributed by atoms with E-state index in [9.17, 15) is 0 Å². The molecule has 0 rings (SSSR count). The highest BCUT2D eigenvalue weighted by atomic mass is 17.4. The van der Waals surface area contributed by atoms with Crippen LogP contribution in [0.15, 0.2) is 38.0 Å². The smallest absolute Gasteiger partial charge is 0.107 e. The number of hydrogen-bond acceptors (Lipinski definition) is 5. The molecule has 0 N–H and O–H groups in total. The van der Waals surface area contributed by atoms with Crippen molar-refractivity contribution in [1.29, 1.82) is 0 Å². The van der Waals surface area contributed by atoms with E-state index in [0.29, 0.717) is 0 Å². The molecule has 0 amide bonds. The Morgan fingerprint density at radius 3 is 1.79 bits per heavy atom. The highest BCUT2D eigenvalue weighted by molar-refractivity contribution is 4.63. The summed E-state index contributed by atoms with van der Waals surface area (Å²) in [7, 11) is 0. The molecule has 0 radical (unpaired) electrons. The van der Waals surface area contributed by atoms with Crippen molar-refractivity contribution in [2.24, 2.45) is 0 Å². The van der Waals surface area contributed by atoms with Crippen LogP contribution in [0.3, 0.4) is 0 Å². The number of hydrogen-bond donors (Lipinski definition) is 0. The molecule has 5 heteroatoms. The third-order valence-corrected chi connectivity index (χ3v) is 0.895. The largest absolute Gasteiger partial charge is 0.244 e. The van der Waals surface area contributed by atoms with Gasteiger partial charge in [0.15, 0.2) is 0 Å². The molecule has 5 nitrogen and oxygen atoms in total. The number of rotatable bonds is 10. The van der Waals surface area contributed by atoms with Crippen LogP contribution in [0.5, 0.6) is 0 Å². The summed E-state index contributed by atoms with van der Waals surface area (Å²) in [5.41, 5.74) is 0. The van der Waals surface area contributed by atoms with Crippen molar-refractivity contribution < 1.29 is 19.6 Å². The molecule has 0 aliphatic heterocycles. The first-order chi connectivity index (χ1) is 6.85. The maximum absolute atomic E-state index is 4.90. The van der Waals surface area contributed by atoms with Crippen molar-refractivity contribution in [3.8, 4) is 0 Å². The molecule has 0 saturated carbocycles. The van der Waals surface area contributed by atoms with Crippen molar-refractivity contribution in [1.82, 2.24) is 5.39 Å². The Hall–Kier alpha value is -0.980. The maximum Gasteiger partial charge on any atom is 0.107 e. The molecular weight excluding hydrogens is 186 g/mol. The summed E-state index contributed by atoms with van der Waals surface area (Å²) in [6.45, 7) is 11.1. The molecular formula is C9H15NO4. The van der Waals surface area contributed by atoms with E-state index in [1.54, 1.807) is 12.2 Å². The minimum absolute atomic E-state index is 0.228. The molecule has 0 fully saturated rings. The van der Waals surface area contributed by atoms with E-state index >= 15 is 0 Å². The molecule has 0 aliphatic carbocycles. The number of nitrogens with zero attached hydrogens (tertiary/aromatic N) is 1. The summed E-state index contributed by atoms with van der Waals surface area (Å²) in [6, 6.07) is 0. The minimum atomic E-state index is 0.228. The van der Waals surface area contributed by atoms with Gasteiger partial charge in [-0.15, -0.1) is 19.7 Å². The zero-order chi connectivity index (χ0) is 10.6. The van der Waals surface area contributed by atoms with Crippen molar-refractivity contribution in [3.63, 3.8) is 0 Å². The van der Waals surface area contributed by atoms with E-state index in [2.05, 4.69) is 29.6 Å². The first-order valence-corrected chi connectivity index (χ1v) is 4.03. The summed E-state index contributed by atoms with van der Waals surface area (Å²) in [5, 5.41) is 0.743. The second-order valence-corrected chi connectivity index (χ2v) is 2.04. The van der Waals surface area contributed by atoms with Gasteiger partial charge in [0.05, 0.1) is 13.2 Å². The van der Waals surface area contributed by atoms with Gasteiger partial charge in [0, 0.05) is 0 Å². The van der Waals surface area contributed by atoms with Gasteiger partial charge in [-0.1, -0.05) is 23.2 Å². The lowest BCUT2D eigenvalue weighted by molar-refractivity contribution is -0.620. The standard InChI is InChI=1S/C9H15NO4/c1-4-7-11-10(12-8-5-2)14-13-9-6-3/h4-6H,1-3,7-9H2. The molecule has 0 spiro atoms. The highest BCUT2D eigenvalue weighted by Crippen LogP contribution is 1.96. The van der Waals surface area contributed by atoms with E-state index < -0.39 is 0 Å². The summed E-state index contributed by atoms with van der Waals surface area (Å²) >= 11 is 0. The first kappa shape index (κ1) is 13.0. The summed E-state index contributed by atoms with van der Waals surface area (Å²) in [4.78, 5) is 19.0. The molecule has 0 aromatic rings. The minimum Gasteiger partial charge on any atom is -0.244 e. The van der Waals surface area contributed by atoms with Crippen LogP contribution in [0, 0.1) is 0 Å². The van der Waals surface area contributed by atoms with Crippen LogP contribution < -0.4 is 0 Å². The Balaban J connectivity index is 3.64. The third kappa shape index (κ3) is 7.66. The van der Waals surface area contributed by atoms with Crippen LogP contribution in [0.4, 0.5) is 0 Å². The Morgan fingerprint density at radius 1 is 0.857 bits per heavy atom. The molecule has 0 unspecified atom stereocenters. The summed E-state index contributed by atoms with van der Waals surface area (Å²) in [5.74, 6) is 0. The molecule has 0 bridgehead atoms. The maximum atomic E-state index is 4.90. The molecule has 0 aromatic heterocycles. The predicted octanol–water partition coefficient (Wildman–Crippen LogP) is 1.57. The van der Waals surface area contributed by atoms with Gasteiger partial charge >= 0.3 is 0 Å². The van der Waals surface area contributed by atoms with E-state index in [1.165, 1.54) is 6.08 Å². The van der Waals surface area contributed by atoms with E-state index in [-0.39, 0.29) is 19.8 Å². The molecule has 0 aliphatic rings. The Labute approximate surface area is 83.6 Å². The first-order valence-electron chi connectivity index (χ1n) is 4.03. The predicted molar refractivity (Wildman–Crippen MR) is 51.4 cm³/mol. The van der Waals surface area contributed by atoms with Crippen molar-refractivity contribution >= 4 is 0 Å². The topological polar surface area (TPSA) is 40.2 Å². The van der Waals surface area contributed by atoms with Gasteiger partial charge in [-0.05, 0) is 0 Å². The van der Waals surface area contributed by atoms with Gasteiger partial charge in [-0.3, -0.25) is 0 Å². The Morgan fingerprint density at radius 2 is 1.36 bits per heavy atom. The fourth-order valence-corrected chi connectivity index (χ4v) is 0.429. The fraction of sp³-hybridized carbons (Fsp3) is 0.333. The molecule has 80 valence electrons. The van der Waals surface area contributed by atoms with Crippen molar-refractivity contribution in [2.45, 2.75) is 0 Å². The SMILES string of the molecule is C=CCOON(OCC=C)OCC=C. The van der Waals surface area contributed by atoms with Crippen LogP contribution in [0.25, 0.3) is 0 Å². The molecule has 0 saturated heterocycles. The van der Waals surface area contributed by atoms with Gasteiger partial charge in [0.2, 0.25) is 0 Å². The zero-order valence-corrected chi connectivity index (χ0v) is 8.05. The second-order valence-electron chi connectivity index (χ2n) is 2.04. The monoisotopic (exact) mass is 201 g/mol. The second kappa shape index (κ2) is 10.1. The van der Waals surface area contributed by atoms with Gasteiger partial charge in [-0.2, -0.15) is 0 Å². The lowest BCUT2D eigenvalue weighted by atomic mass is 10.7. The molecule has 0 atom stereocenters. The molecule has 14 heavy (non-hydrogen) atoms. The fourth-order valence-electron chi connectivity index (χ4n) is 0.429. The van der Waals surface area contributed by atoms with Gasteiger partial charge in [-0.25, -0.2) is 14.6 Å².